The van der Waals surface area contributed by atoms with Crippen molar-refractivity contribution in [2.24, 2.45) is 0 Å². The fourth-order valence-corrected chi connectivity index (χ4v) is 4.15. The van der Waals surface area contributed by atoms with Crippen LogP contribution in [0.1, 0.15) is 11.7 Å². The Labute approximate surface area is 131 Å². The van der Waals surface area contributed by atoms with Crippen LogP contribution in [0.4, 0.5) is 9.80 Å². The van der Waals surface area contributed by atoms with Crippen LogP contribution >= 0.6 is 11.3 Å². The molecule has 2 atom stereocenters. The highest BCUT2D eigenvalue weighted by Crippen LogP contribution is 2.41. The first kappa shape index (κ1) is 13.5. The molecule has 0 aromatic carbocycles. The Morgan fingerprint density at radius 3 is 2.91 bits per heavy atom. The molecule has 3 amide bonds. The van der Waals surface area contributed by atoms with Gasteiger partial charge in [0.15, 0.2) is 0 Å². The van der Waals surface area contributed by atoms with Gasteiger partial charge in [-0.15, -0.1) is 11.3 Å². The Morgan fingerprint density at radius 2 is 2.23 bits per heavy atom. The Hall–Kier alpha value is -2.12. The molecule has 2 saturated heterocycles. The second-order valence-electron chi connectivity index (χ2n) is 5.76. The molecule has 0 bridgehead atoms. The van der Waals surface area contributed by atoms with Crippen molar-refractivity contribution >= 4 is 28.3 Å². The van der Waals surface area contributed by atoms with Crippen LogP contribution in [-0.4, -0.2) is 42.5 Å². The molecule has 0 saturated carbocycles. The van der Waals surface area contributed by atoms with Crippen LogP contribution in [0.15, 0.2) is 40.3 Å². The van der Waals surface area contributed by atoms with Gasteiger partial charge in [-0.3, -0.25) is 4.79 Å². The van der Waals surface area contributed by atoms with Crippen molar-refractivity contribution in [1.82, 2.24) is 10.2 Å². The highest BCUT2D eigenvalue weighted by Gasteiger charge is 2.61. The number of imide groups is 1. The maximum absolute atomic E-state index is 13.1. The van der Waals surface area contributed by atoms with E-state index in [0.29, 0.717) is 18.1 Å². The number of likely N-dealkylation sites (N-methyl/N-ethyl adjacent to an activating group) is 1. The van der Waals surface area contributed by atoms with E-state index in [1.165, 1.54) is 16.2 Å². The summed E-state index contributed by atoms with van der Waals surface area (Å²) in [6.45, 7) is 1.14. The van der Waals surface area contributed by atoms with Gasteiger partial charge in [-0.25, -0.2) is 9.69 Å². The molecule has 2 fully saturated rings. The van der Waals surface area contributed by atoms with Gasteiger partial charge in [-0.2, -0.15) is 0 Å². The molecule has 2 aromatic heterocycles. The fourth-order valence-electron chi connectivity index (χ4n) is 3.42. The molecule has 1 N–H and O–H groups in total. The van der Waals surface area contributed by atoms with E-state index in [-0.39, 0.29) is 17.9 Å². The minimum absolute atomic E-state index is 0.186. The predicted molar refractivity (Wildman–Crippen MR) is 82.0 cm³/mol. The summed E-state index contributed by atoms with van der Waals surface area (Å²) in [4.78, 5) is 28.8. The molecule has 1 spiro atoms. The summed E-state index contributed by atoms with van der Waals surface area (Å²) in [5.74, 6) is 0.339. The molecule has 22 heavy (non-hydrogen) atoms. The standard InChI is InChI=1S/C15H15N3O3S/c1-17-8-10(11-4-2-6-21-11)15(9-17)13(19)18(14(20)16-15)12-5-3-7-22-12/h2-7,10H,8-9H2,1H3,(H,16,20)/t10-,15+/m1/s1. The Kier molecular flexibility index (Phi) is 2.88. The molecule has 6 nitrogen and oxygen atoms in total. The lowest BCUT2D eigenvalue weighted by Crippen LogP contribution is -2.52. The van der Waals surface area contributed by atoms with E-state index in [1.807, 2.05) is 29.5 Å². The van der Waals surface area contributed by atoms with E-state index in [4.69, 9.17) is 4.42 Å². The monoisotopic (exact) mass is 317 g/mol. The van der Waals surface area contributed by atoms with Gasteiger partial charge >= 0.3 is 6.03 Å². The van der Waals surface area contributed by atoms with E-state index in [9.17, 15) is 9.59 Å². The summed E-state index contributed by atoms with van der Waals surface area (Å²) in [7, 11) is 1.94. The van der Waals surface area contributed by atoms with Crippen molar-refractivity contribution in [3.8, 4) is 0 Å². The number of thiophene rings is 1. The molecular weight excluding hydrogens is 302 g/mol. The lowest BCUT2D eigenvalue weighted by molar-refractivity contribution is -0.122. The molecule has 0 unspecified atom stereocenters. The van der Waals surface area contributed by atoms with Gasteiger partial charge in [0.2, 0.25) is 0 Å². The van der Waals surface area contributed by atoms with Gasteiger partial charge in [-0.05, 0) is 36.7 Å². The van der Waals surface area contributed by atoms with Crippen molar-refractivity contribution in [2.45, 2.75) is 11.5 Å². The minimum Gasteiger partial charge on any atom is -0.469 e. The number of anilines is 1. The largest absolute Gasteiger partial charge is 0.469 e. The van der Waals surface area contributed by atoms with E-state index < -0.39 is 5.54 Å². The second kappa shape index (κ2) is 4.69. The number of urea groups is 1. The maximum Gasteiger partial charge on any atom is 0.330 e. The zero-order valence-electron chi connectivity index (χ0n) is 12.0. The first-order valence-corrected chi connectivity index (χ1v) is 7.92. The van der Waals surface area contributed by atoms with Crippen LogP contribution in [0.3, 0.4) is 0 Å². The SMILES string of the molecule is CN1C[C@H](c2ccco2)[C@]2(C1)NC(=O)N(c1cccs1)C2=O. The van der Waals surface area contributed by atoms with Crippen LogP contribution < -0.4 is 10.2 Å². The van der Waals surface area contributed by atoms with Crippen molar-refractivity contribution in [1.29, 1.82) is 0 Å². The topological polar surface area (TPSA) is 65.8 Å². The Morgan fingerprint density at radius 1 is 1.36 bits per heavy atom. The first-order valence-electron chi connectivity index (χ1n) is 7.04. The van der Waals surface area contributed by atoms with Crippen molar-refractivity contribution in [3.63, 3.8) is 0 Å². The van der Waals surface area contributed by atoms with Crippen LogP contribution in [0.25, 0.3) is 0 Å². The number of carbonyl (C=O) groups excluding carboxylic acids is 2. The van der Waals surface area contributed by atoms with Gasteiger partial charge in [0.1, 0.15) is 16.3 Å². The molecule has 4 heterocycles. The second-order valence-corrected chi connectivity index (χ2v) is 6.68. The van der Waals surface area contributed by atoms with Crippen molar-refractivity contribution < 1.29 is 14.0 Å². The summed E-state index contributed by atoms with van der Waals surface area (Å²) in [5, 5.41) is 5.43. The molecule has 0 aliphatic carbocycles. The summed E-state index contributed by atoms with van der Waals surface area (Å²) >= 11 is 1.38. The highest BCUT2D eigenvalue weighted by atomic mass is 32.1. The third kappa shape index (κ3) is 1.75. The minimum atomic E-state index is -0.951. The average molecular weight is 317 g/mol. The molecule has 7 heteroatoms. The summed E-state index contributed by atoms with van der Waals surface area (Å²) in [5.41, 5.74) is -0.951. The highest BCUT2D eigenvalue weighted by molar-refractivity contribution is 7.14. The summed E-state index contributed by atoms with van der Waals surface area (Å²) < 4.78 is 5.52. The van der Waals surface area contributed by atoms with E-state index in [0.717, 1.165) is 5.76 Å². The smallest absolute Gasteiger partial charge is 0.330 e. The third-order valence-corrected chi connectivity index (χ3v) is 5.19. The van der Waals surface area contributed by atoms with Crippen LogP contribution in [0, 0.1) is 0 Å². The van der Waals surface area contributed by atoms with E-state index in [2.05, 4.69) is 5.32 Å². The molecule has 2 aliphatic heterocycles. The molecule has 2 aromatic rings. The average Bonchev–Trinajstić information content (AvgIpc) is 3.20. The molecule has 2 aliphatic rings. The predicted octanol–water partition coefficient (Wildman–Crippen LogP) is 1.87. The van der Waals surface area contributed by atoms with Crippen LogP contribution in [-0.2, 0) is 4.79 Å². The number of amides is 3. The number of likely N-dealkylation sites (tertiary alicyclic amines) is 1. The molecule has 0 radical (unpaired) electrons. The summed E-state index contributed by atoms with van der Waals surface area (Å²) in [6.07, 6.45) is 1.60. The van der Waals surface area contributed by atoms with Crippen LogP contribution in [0.2, 0.25) is 0 Å². The van der Waals surface area contributed by atoms with E-state index >= 15 is 0 Å². The number of hydrogen-bond donors (Lipinski definition) is 1. The number of carbonyl (C=O) groups is 2. The van der Waals surface area contributed by atoms with E-state index in [1.54, 1.807) is 18.4 Å². The molecule has 114 valence electrons. The van der Waals surface area contributed by atoms with Gasteiger partial charge in [0.25, 0.3) is 5.91 Å². The third-order valence-electron chi connectivity index (χ3n) is 4.34. The van der Waals surface area contributed by atoms with Gasteiger partial charge in [-0.1, -0.05) is 0 Å². The normalized spacial score (nSPS) is 28.8. The van der Waals surface area contributed by atoms with Crippen molar-refractivity contribution in [3.05, 3.63) is 41.7 Å². The maximum atomic E-state index is 13.1. The van der Waals surface area contributed by atoms with Crippen molar-refractivity contribution in [2.75, 3.05) is 25.0 Å². The zero-order chi connectivity index (χ0) is 15.3. The number of hydrogen-bond acceptors (Lipinski definition) is 5. The number of rotatable bonds is 2. The molecular formula is C15H15N3O3S. The number of nitrogens with one attached hydrogen (secondary N) is 1. The first-order chi connectivity index (χ1) is 10.6. The summed E-state index contributed by atoms with van der Waals surface area (Å²) in [6, 6.07) is 6.91. The van der Waals surface area contributed by atoms with Gasteiger partial charge in [0, 0.05) is 13.1 Å². The number of furan rings is 1. The molecule has 4 rings (SSSR count). The fraction of sp³-hybridized carbons (Fsp3) is 0.333. The lowest BCUT2D eigenvalue weighted by Gasteiger charge is -2.26. The lowest BCUT2D eigenvalue weighted by atomic mass is 9.85. The van der Waals surface area contributed by atoms with Crippen LogP contribution in [0.5, 0.6) is 0 Å². The zero-order valence-corrected chi connectivity index (χ0v) is 12.8. The van der Waals surface area contributed by atoms with Gasteiger partial charge in [0.05, 0.1) is 12.2 Å². The van der Waals surface area contributed by atoms with Gasteiger partial charge < -0.3 is 14.6 Å². The Bertz CT molecular complexity index is 712. The quantitative estimate of drug-likeness (QED) is 0.859. The number of nitrogens with zero attached hydrogens (tertiary/aromatic N) is 2. The Balaban J connectivity index is 1.77.